The summed E-state index contributed by atoms with van der Waals surface area (Å²) in [6.07, 6.45) is 3.78. The van der Waals surface area contributed by atoms with Crippen LogP contribution >= 0.6 is 12.2 Å². The summed E-state index contributed by atoms with van der Waals surface area (Å²) >= 11 is 4.82. The fourth-order valence-electron chi connectivity index (χ4n) is 2.36. The number of hydrogen-bond acceptors (Lipinski definition) is 3. The minimum Gasteiger partial charge on any atom is -0.302 e. The van der Waals surface area contributed by atoms with Gasteiger partial charge in [-0.05, 0) is 37.6 Å². The van der Waals surface area contributed by atoms with Crippen LogP contribution < -0.4 is 10.6 Å². The maximum Gasteiger partial charge on any atom is 0.246 e. The molecule has 0 bridgehead atoms. The molecule has 0 aliphatic carbocycles. The largest absolute Gasteiger partial charge is 0.302 e. The van der Waals surface area contributed by atoms with Crippen molar-refractivity contribution in [2.24, 2.45) is 5.41 Å². The van der Waals surface area contributed by atoms with Crippen LogP contribution in [0.2, 0.25) is 0 Å². The van der Waals surface area contributed by atoms with Crippen molar-refractivity contribution in [3.8, 4) is 0 Å². The first-order valence-corrected chi connectivity index (χ1v) is 6.26. The van der Waals surface area contributed by atoms with Crippen molar-refractivity contribution in [2.45, 2.75) is 40.0 Å². The lowest BCUT2D eigenvalue weighted by atomic mass is 9.72. The van der Waals surface area contributed by atoms with Crippen LogP contribution in [0.15, 0.2) is 11.6 Å². The van der Waals surface area contributed by atoms with Crippen LogP contribution in [0.4, 0.5) is 0 Å². The maximum atomic E-state index is 12.2. The Balaban J connectivity index is 3.26. The Labute approximate surface area is 107 Å². The number of rotatable bonds is 4. The number of amides is 2. The van der Waals surface area contributed by atoms with Crippen LogP contribution in [0.1, 0.15) is 40.0 Å². The third kappa shape index (κ3) is 2.24. The Morgan fingerprint density at radius 2 is 1.82 bits per heavy atom. The van der Waals surface area contributed by atoms with Crippen LogP contribution in [0.5, 0.6) is 0 Å². The molecule has 0 aromatic carbocycles. The van der Waals surface area contributed by atoms with Gasteiger partial charge in [0.15, 0.2) is 5.11 Å². The molecule has 4 nitrogen and oxygen atoms in total. The predicted molar refractivity (Wildman–Crippen MR) is 70.3 cm³/mol. The molecule has 0 aromatic heterocycles. The van der Waals surface area contributed by atoms with E-state index in [2.05, 4.69) is 10.6 Å². The molecule has 5 heteroatoms. The highest BCUT2D eigenvalue weighted by atomic mass is 32.1. The molecular weight excluding hydrogens is 236 g/mol. The van der Waals surface area contributed by atoms with Gasteiger partial charge in [-0.2, -0.15) is 0 Å². The Kier molecular flexibility index (Phi) is 4.40. The molecule has 1 aliphatic heterocycles. The van der Waals surface area contributed by atoms with Crippen molar-refractivity contribution >= 4 is 29.1 Å². The quantitative estimate of drug-likeness (QED) is 0.456. The van der Waals surface area contributed by atoms with Gasteiger partial charge in [0.25, 0.3) is 0 Å². The van der Waals surface area contributed by atoms with E-state index in [1.54, 1.807) is 0 Å². The molecule has 0 atom stereocenters. The van der Waals surface area contributed by atoms with Crippen molar-refractivity contribution in [3.63, 3.8) is 0 Å². The van der Waals surface area contributed by atoms with Crippen LogP contribution in [0, 0.1) is 5.41 Å². The zero-order chi connectivity index (χ0) is 13.1. The number of allylic oxidation sites excluding steroid dienone is 1. The van der Waals surface area contributed by atoms with E-state index in [1.165, 1.54) is 0 Å². The first-order chi connectivity index (χ1) is 8.02. The Hall–Kier alpha value is -1.23. The van der Waals surface area contributed by atoms with E-state index in [0.29, 0.717) is 12.8 Å². The summed E-state index contributed by atoms with van der Waals surface area (Å²) in [5.41, 5.74) is -0.238. The van der Waals surface area contributed by atoms with Crippen LogP contribution in [0.3, 0.4) is 0 Å². The summed E-state index contributed by atoms with van der Waals surface area (Å²) in [6.45, 7) is 5.75. The molecule has 0 unspecified atom stereocenters. The Morgan fingerprint density at radius 1 is 1.29 bits per heavy atom. The van der Waals surface area contributed by atoms with Gasteiger partial charge >= 0.3 is 0 Å². The summed E-state index contributed by atoms with van der Waals surface area (Å²) in [5.74, 6) is -0.605. The van der Waals surface area contributed by atoms with Crippen molar-refractivity contribution in [2.75, 3.05) is 0 Å². The second-order valence-corrected chi connectivity index (χ2v) is 4.47. The Bertz CT molecular complexity index is 368. The molecule has 0 spiro atoms. The topological polar surface area (TPSA) is 58.2 Å². The van der Waals surface area contributed by atoms with Gasteiger partial charge in [-0.25, -0.2) is 0 Å². The first kappa shape index (κ1) is 13.8. The highest BCUT2D eigenvalue weighted by Gasteiger charge is 2.50. The van der Waals surface area contributed by atoms with Crippen molar-refractivity contribution in [3.05, 3.63) is 11.6 Å². The molecule has 1 heterocycles. The molecule has 94 valence electrons. The van der Waals surface area contributed by atoms with E-state index in [0.717, 1.165) is 12.0 Å². The summed E-state index contributed by atoms with van der Waals surface area (Å²) < 4.78 is 0. The first-order valence-electron chi connectivity index (χ1n) is 5.85. The van der Waals surface area contributed by atoms with Gasteiger partial charge in [0.1, 0.15) is 5.41 Å². The second-order valence-electron chi connectivity index (χ2n) is 4.06. The summed E-state index contributed by atoms with van der Waals surface area (Å²) in [5, 5.41) is 5.20. The minimum atomic E-state index is -1.08. The van der Waals surface area contributed by atoms with E-state index in [-0.39, 0.29) is 16.9 Å². The third-order valence-electron chi connectivity index (χ3n) is 3.13. The third-order valence-corrected chi connectivity index (χ3v) is 3.34. The maximum absolute atomic E-state index is 12.2. The van der Waals surface area contributed by atoms with Gasteiger partial charge < -0.3 is 10.6 Å². The van der Waals surface area contributed by atoms with E-state index < -0.39 is 5.41 Å². The monoisotopic (exact) mass is 254 g/mol. The highest BCUT2D eigenvalue weighted by molar-refractivity contribution is 7.80. The molecule has 1 aliphatic rings. The minimum absolute atomic E-state index is 0.0956. The highest BCUT2D eigenvalue weighted by Crippen LogP contribution is 2.37. The van der Waals surface area contributed by atoms with E-state index in [4.69, 9.17) is 12.2 Å². The normalized spacial score (nSPS) is 19.9. The van der Waals surface area contributed by atoms with Crippen molar-refractivity contribution < 1.29 is 9.59 Å². The van der Waals surface area contributed by atoms with E-state index in [1.807, 2.05) is 26.8 Å². The van der Waals surface area contributed by atoms with Gasteiger partial charge in [-0.1, -0.05) is 26.3 Å². The molecule has 0 saturated carbocycles. The zero-order valence-corrected chi connectivity index (χ0v) is 11.2. The number of hydrogen-bond donors (Lipinski definition) is 2. The molecule has 2 N–H and O–H groups in total. The lowest BCUT2D eigenvalue weighted by Crippen LogP contribution is -2.62. The molecule has 1 rings (SSSR count). The van der Waals surface area contributed by atoms with E-state index in [9.17, 15) is 9.59 Å². The standard InChI is InChI=1S/C12H18N2O2S/c1-4-7-12(8(5-2)6-3)9(15)13-11(17)14-10(12)16/h5H,4,6-7H2,1-3H3,(H2,13,14,15,16,17)/b8-5+. The molecule has 17 heavy (non-hydrogen) atoms. The van der Waals surface area contributed by atoms with Crippen molar-refractivity contribution in [1.29, 1.82) is 0 Å². The van der Waals surface area contributed by atoms with Gasteiger partial charge in [0.05, 0.1) is 0 Å². The summed E-state index contributed by atoms with van der Waals surface area (Å²) in [4.78, 5) is 24.4. The molecule has 2 amide bonds. The fraction of sp³-hybridized carbons (Fsp3) is 0.583. The van der Waals surface area contributed by atoms with Gasteiger partial charge in [-0.3, -0.25) is 9.59 Å². The van der Waals surface area contributed by atoms with Crippen LogP contribution in [-0.2, 0) is 9.59 Å². The van der Waals surface area contributed by atoms with Gasteiger partial charge in [0, 0.05) is 0 Å². The lowest BCUT2D eigenvalue weighted by Gasteiger charge is -2.36. The van der Waals surface area contributed by atoms with Crippen molar-refractivity contribution in [1.82, 2.24) is 10.6 Å². The van der Waals surface area contributed by atoms with Gasteiger partial charge in [0.2, 0.25) is 11.8 Å². The number of nitrogens with one attached hydrogen (secondary N) is 2. The SMILES string of the molecule is C/C=C(\CC)C1(CCC)C(=O)NC(=S)NC1=O. The molecule has 1 saturated heterocycles. The predicted octanol–water partition coefficient (Wildman–Crippen LogP) is 1.66. The lowest BCUT2D eigenvalue weighted by molar-refractivity contribution is -0.141. The molecule has 0 radical (unpaired) electrons. The number of carbonyl (C=O) groups excluding carboxylic acids is 2. The molecular formula is C12H18N2O2S. The molecule has 1 fully saturated rings. The average Bonchev–Trinajstić information content (AvgIpc) is 2.26. The number of carbonyl (C=O) groups is 2. The second kappa shape index (κ2) is 5.40. The average molecular weight is 254 g/mol. The fourth-order valence-corrected chi connectivity index (χ4v) is 2.55. The van der Waals surface area contributed by atoms with Gasteiger partial charge in [-0.15, -0.1) is 0 Å². The Morgan fingerprint density at radius 3 is 2.18 bits per heavy atom. The number of thiocarbonyl (C=S) groups is 1. The van der Waals surface area contributed by atoms with Crippen LogP contribution in [0.25, 0.3) is 0 Å². The smallest absolute Gasteiger partial charge is 0.246 e. The summed E-state index contributed by atoms with van der Waals surface area (Å²) in [6, 6.07) is 0. The van der Waals surface area contributed by atoms with E-state index >= 15 is 0 Å². The zero-order valence-electron chi connectivity index (χ0n) is 10.4. The summed E-state index contributed by atoms with van der Waals surface area (Å²) in [7, 11) is 0. The van der Waals surface area contributed by atoms with Crippen LogP contribution in [-0.4, -0.2) is 16.9 Å². The molecule has 0 aromatic rings.